The summed E-state index contributed by atoms with van der Waals surface area (Å²) in [7, 11) is 1.65. The number of carbonyl (C=O) groups is 1. The van der Waals surface area contributed by atoms with Gasteiger partial charge in [-0.3, -0.25) is 4.79 Å². The van der Waals surface area contributed by atoms with Crippen LogP contribution in [0.4, 0.5) is 8.78 Å². The number of fused-ring (bicyclic) bond motifs is 1. The van der Waals surface area contributed by atoms with Gasteiger partial charge < -0.3 is 14.8 Å². The summed E-state index contributed by atoms with van der Waals surface area (Å²) < 4.78 is 39.7. The Morgan fingerprint density at radius 2 is 1.62 bits per heavy atom. The molecule has 39 heavy (non-hydrogen) atoms. The van der Waals surface area contributed by atoms with Crippen LogP contribution in [0.3, 0.4) is 0 Å². The molecule has 0 spiro atoms. The molecule has 4 rings (SSSR count). The van der Waals surface area contributed by atoms with Crippen LogP contribution < -0.4 is 10.1 Å². The maximum absolute atomic E-state index is 14.8. The Kier molecular flexibility index (Phi) is 8.97. The summed E-state index contributed by atoms with van der Waals surface area (Å²) in [6, 6.07) is 21.3. The Labute approximate surface area is 229 Å². The normalized spacial score (nSPS) is 12.9. The van der Waals surface area contributed by atoms with Gasteiger partial charge in [0.1, 0.15) is 17.4 Å². The molecule has 0 heterocycles. The fourth-order valence-corrected chi connectivity index (χ4v) is 4.84. The number of hydrogen-bond donors (Lipinski definition) is 1. The number of rotatable bonds is 10. The second kappa shape index (κ2) is 12.4. The van der Waals surface area contributed by atoms with E-state index in [1.807, 2.05) is 42.5 Å². The van der Waals surface area contributed by atoms with Gasteiger partial charge in [0.15, 0.2) is 0 Å². The van der Waals surface area contributed by atoms with E-state index in [2.05, 4.69) is 19.2 Å². The lowest BCUT2D eigenvalue weighted by molar-refractivity contribution is -0.147. The first-order valence-electron chi connectivity index (χ1n) is 13.3. The van der Waals surface area contributed by atoms with Crippen molar-refractivity contribution in [2.24, 2.45) is 0 Å². The molecule has 1 N–H and O–H groups in total. The molecule has 0 saturated carbocycles. The molecule has 0 saturated heterocycles. The molecule has 0 radical (unpaired) electrons. The Bertz CT molecular complexity index is 1470. The molecule has 4 aromatic rings. The van der Waals surface area contributed by atoms with Crippen LogP contribution >= 0.6 is 0 Å². The Hall–Kier alpha value is -3.77. The van der Waals surface area contributed by atoms with E-state index in [1.54, 1.807) is 27.0 Å². The van der Waals surface area contributed by atoms with E-state index in [0.717, 1.165) is 27.8 Å². The number of methoxy groups -OCH3 is 1. The van der Waals surface area contributed by atoms with E-state index in [1.165, 1.54) is 24.3 Å². The van der Waals surface area contributed by atoms with E-state index in [0.29, 0.717) is 22.9 Å². The second-order valence-corrected chi connectivity index (χ2v) is 10.2. The van der Waals surface area contributed by atoms with Crippen LogP contribution in [0.2, 0.25) is 0 Å². The molecule has 4 nitrogen and oxygen atoms in total. The molecule has 4 aromatic carbocycles. The minimum atomic E-state index is -0.410. The van der Waals surface area contributed by atoms with Gasteiger partial charge in [-0.1, -0.05) is 24.3 Å². The van der Waals surface area contributed by atoms with Crippen LogP contribution in [0.15, 0.2) is 72.8 Å². The Balaban J connectivity index is 1.68. The lowest BCUT2D eigenvalue weighted by Crippen LogP contribution is -2.22. The number of esters is 1. The zero-order valence-electron chi connectivity index (χ0n) is 23.1. The average Bonchev–Trinajstić information content (AvgIpc) is 2.90. The van der Waals surface area contributed by atoms with Gasteiger partial charge in [-0.05, 0) is 121 Å². The molecule has 2 atom stereocenters. The number of carbonyl (C=O) groups excluding carboxylic acids is 1. The topological polar surface area (TPSA) is 47.6 Å². The standard InChI is InChI=1S/C33H35F2NO3/c1-20(2)39-33(37)12-9-23-13-27(16-29(35)14-23)31-18-26(15-25-10-11-28(34)19-32(25)31)22(4)36-21(3)24-7-6-8-30(17-24)38-5/h6-8,10-11,13-22,36H,9,12H2,1-5H3/t21-,22+/m1/s1. The zero-order valence-corrected chi connectivity index (χ0v) is 23.1. The van der Waals surface area contributed by atoms with Crippen molar-refractivity contribution in [3.8, 4) is 16.9 Å². The maximum Gasteiger partial charge on any atom is 0.306 e. The monoisotopic (exact) mass is 531 g/mol. The van der Waals surface area contributed by atoms with Crippen molar-refractivity contribution in [1.82, 2.24) is 5.32 Å². The van der Waals surface area contributed by atoms with Crippen LogP contribution in [0.5, 0.6) is 5.75 Å². The van der Waals surface area contributed by atoms with Crippen LogP contribution in [-0.4, -0.2) is 19.2 Å². The van der Waals surface area contributed by atoms with Crippen LogP contribution in [-0.2, 0) is 16.0 Å². The van der Waals surface area contributed by atoms with Gasteiger partial charge in [0.05, 0.1) is 13.2 Å². The van der Waals surface area contributed by atoms with Crippen molar-refractivity contribution in [3.63, 3.8) is 0 Å². The summed E-state index contributed by atoms with van der Waals surface area (Å²) in [6.45, 7) is 7.75. The van der Waals surface area contributed by atoms with Crippen LogP contribution in [0.1, 0.15) is 62.9 Å². The first-order chi connectivity index (χ1) is 18.6. The number of ether oxygens (including phenoxy) is 2. The van der Waals surface area contributed by atoms with Gasteiger partial charge >= 0.3 is 5.97 Å². The molecule has 0 aliphatic rings. The fraction of sp³-hybridized carbons (Fsp3) is 0.303. The average molecular weight is 532 g/mol. The minimum absolute atomic E-state index is 0.0360. The highest BCUT2D eigenvalue weighted by Gasteiger charge is 2.17. The number of aryl methyl sites for hydroxylation is 1. The van der Waals surface area contributed by atoms with E-state index in [-0.39, 0.29) is 36.4 Å². The van der Waals surface area contributed by atoms with Crippen molar-refractivity contribution in [2.45, 2.75) is 58.7 Å². The zero-order chi connectivity index (χ0) is 28.1. The summed E-state index contributed by atoms with van der Waals surface area (Å²) in [4.78, 5) is 12.1. The lowest BCUT2D eigenvalue weighted by Gasteiger charge is -2.23. The van der Waals surface area contributed by atoms with E-state index < -0.39 is 5.82 Å². The van der Waals surface area contributed by atoms with Gasteiger partial charge in [-0.15, -0.1) is 0 Å². The number of nitrogens with one attached hydrogen (secondary N) is 1. The molecule has 0 aliphatic heterocycles. The minimum Gasteiger partial charge on any atom is -0.497 e. The van der Waals surface area contributed by atoms with Gasteiger partial charge in [0.2, 0.25) is 0 Å². The van der Waals surface area contributed by atoms with Crippen molar-refractivity contribution < 1.29 is 23.0 Å². The van der Waals surface area contributed by atoms with Crippen LogP contribution in [0, 0.1) is 11.6 Å². The smallest absolute Gasteiger partial charge is 0.306 e. The first-order valence-corrected chi connectivity index (χ1v) is 13.3. The molecular weight excluding hydrogens is 496 g/mol. The van der Waals surface area contributed by atoms with Crippen molar-refractivity contribution in [2.75, 3.05) is 7.11 Å². The Morgan fingerprint density at radius 1 is 0.846 bits per heavy atom. The van der Waals surface area contributed by atoms with Gasteiger partial charge in [-0.2, -0.15) is 0 Å². The van der Waals surface area contributed by atoms with Gasteiger partial charge in [0.25, 0.3) is 0 Å². The molecule has 0 unspecified atom stereocenters. The predicted molar refractivity (Wildman–Crippen MR) is 152 cm³/mol. The summed E-state index contributed by atoms with van der Waals surface area (Å²) in [6.07, 6.45) is 0.296. The number of halogens is 2. The van der Waals surface area contributed by atoms with E-state index in [9.17, 15) is 13.6 Å². The summed E-state index contributed by atoms with van der Waals surface area (Å²) >= 11 is 0. The third-order valence-corrected chi connectivity index (χ3v) is 6.79. The second-order valence-electron chi connectivity index (χ2n) is 10.2. The summed E-state index contributed by atoms with van der Waals surface area (Å²) in [5, 5.41) is 5.19. The highest BCUT2D eigenvalue weighted by Crippen LogP contribution is 2.34. The van der Waals surface area contributed by atoms with Crippen molar-refractivity contribution in [1.29, 1.82) is 0 Å². The van der Waals surface area contributed by atoms with Gasteiger partial charge in [-0.25, -0.2) is 8.78 Å². The molecule has 0 fully saturated rings. The lowest BCUT2D eigenvalue weighted by atomic mass is 9.91. The molecule has 6 heteroatoms. The molecule has 204 valence electrons. The summed E-state index contributed by atoms with van der Waals surface area (Å²) in [5.74, 6) is -0.298. The molecule has 0 aromatic heterocycles. The van der Waals surface area contributed by atoms with Gasteiger partial charge in [0, 0.05) is 18.5 Å². The quantitative estimate of drug-likeness (QED) is 0.210. The maximum atomic E-state index is 14.8. The Morgan fingerprint density at radius 3 is 2.36 bits per heavy atom. The van der Waals surface area contributed by atoms with Crippen LogP contribution in [0.25, 0.3) is 21.9 Å². The molecule has 0 aliphatic carbocycles. The highest BCUT2D eigenvalue weighted by molar-refractivity contribution is 5.97. The predicted octanol–water partition coefficient (Wildman–Crippen LogP) is 8.09. The number of benzene rings is 4. The third-order valence-electron chi connectivity index (χ3n) is 6.79. The first kappa shape index (κ1) is 28.2. The van der Waals surface area contributed by atoms with Crippen molar-refractivity contribution in [3.05, 3.63) is 101 Å². The van der Waals surface area contributed by atoms with Crippen molar-refractivity contribution >= 4 is 16.7 Å². The third kappa shape index (κ3) is 7.21. The van der Waals surface area contributed by atoms with E-state index >= 15 is 0 Å². The highest BCUT2D eigenvalue weighted by atomic mass is 19.1. The van der Waals surface area contributed by atoms with E-state index in [4.69, 9.17) is 9.47 Å². The fourth-order valence-electron chi connectivity index (χ4n) is 4.84. The molecule has 0 bridgehead atoms. The largest absolute Gasteiger partial charge is 0.497 e. The SMILES string of the molecule is COc1cccc([C@@H](C)N[C@@H](C)c2cc(-c3cc(F)cc(CCC(=O)OC(C)C)c3)c3cc(F)ccc3c2)c1. The summed E-state index contributed by atoms with van der Waals surface area (Å²) in [5.41, 5.74) is 4.13. The number of hydrogen-bond acceptors (Lipinski definition) is 4. The molecular formula is C33H35F2NO3. The molecule has 0 amide bonds.